The van der Waals surface area contributed by atoms with E-state index in [4.69, 9.17) is 0 Å². The van der Waals surface area contributed by atoms with Crippen LogP contribution in [0.2, 0.25) is 0 Å². The molecule has 2 rings (SSSR count). The minimum absolute atomic E-state index is 0.207. The van der Waals surface area contributed by atoms with Crippen LogP contribution in [-0.4, -0.2) is 50.5 Å². The molecule has 0 aliphatic carbocycles. The quantitative estimate of drug-likeness (QED) is 0.574. The predicted octanol–water partition coefficient (Wildman–Crippen LogP) is 3.32. The summed E-state index contributed by atoms with van der Waals surface area (Å²) in [6, 6.07) is 12.5. The Balaban J connectivity index is 2.48. The fourth-order valence-electron chi connectivity index (χ4n) is 3.88. The smallest absolute Gasteiger partial charge is 0.244 e. The van der Waals surface area contributed by atoms with Gasteiger partial charge in [0, 0.05) is 13.1 Å². The zero-order valence-corrected chi connectivity index (χ0v) is 21.2. The van der Waals surface area contributed by atoms with Crippen molar-refractivity contribution in [3.8, 4) is 0 Å². The average Bonchev–Trinajstić information content (AvgIpc) is 2.73. The number of carbonyl (C=O) groups excluding carboxylic acids is 2. The SMILES string of the molecule is CCNC(=O)C(CC)N(Cc1ccc(C)cc1)C(=O)CN(c1c(C)cccc1C)S(C)(=O)=O. The van der Waals surface area contributed by atoms with Gasteiger partial charge in [0.25, 0.3) is 0 Å². The normalized spacial score (nSPS) is 12.2. The summed E-state index contributed by atoms with van der Waals surface area (Å²) in [7, 11) is -3.75. The number of likely N-dealkylation sites (N-methyl/N-ethyl adjacent to an activating group) is 1. The predicted molar refractivity (Wildman–Crippen MR) is 133 cm³/mol. The molecule has 2 amide bonds. The van der Waals surface area contributed by atoms with Crippen molar-refractivity contribution in [1.29, 1.82) is 0 Å². The molecule has 0 saturated carbocycles. The van der Waals surface area contributed by atoms with Crippen LogP contribution in [0.5, 0.6) is 0 Å². The molecule has 2 aromatic carbocycles. The lowest BCUT2D eigenvalue weighted by molar-refractivity contribution is -0.140. The summed E-state index contributed by atoms with van der Waals surface area (Å²) in [5.74, 6) is -0.680. The zero-order valence-electron chi connectivity index (χ0n) is 20.4. The van der Waals surface area contributed by atoms with Crippen LogP contribution in [0, 0.1) is 20.8 Å². The third-order valence-electron chi connectivity index (χ3n) is 5.58. The Kier molecular flexibility index (Phi) is 9.05. The molecule has 1 atom stereocenters. The first kappa shape index (κ1) is 26.4. The van der Waals surface area contributed by atoms with Crippen LogP contribution < -0.4 is 9.62 Å². The van der Waals surface area contributed by atoms with Crippen LogP contribution in [0.4, 0.5) is 5.69 Å². The van der Waals surface area contributed by atoms with Gasteiger partial charge in [-0.05, 0) is 50.8 Å². The summed E-state index contributed by atoms with van der Waals surface area (Å²) in [5.41, 5.74) is 3.97. The van der Waals surface area contributed by atoms with Gasteiger partial charge in [0.05, 0.1) is 11.9 Å². The molecule has 1 unspecified atom stereocenters. The average molecular weight is 474 g/mol. The van der Waals surface area contributed by atoms with Crippen molar-refractivity contribution in [2.45, 2.75) is 53.6 Å². The molecule has 0 spiro atoms. The third-order valence-corrected chi connectivity index (χ3v) is 6.69. The first-order valence-corrected chi connectivity index (χ1v) is 13.0. The minimum Gasteiger partial charge on any atom is -0.355 e. The molecule has 0 aromatic heterocycles. The first-order chi connectivity index (χ1) is 15.5. The monoisotopic (exact) mass is 473 g/mol. The fraction of sp³-hybridized carbons (Fsp3) is 0.440. The van der Waals surface area contributed by atoms with Gasteiger partial charge in [0.1, 0.15) is 12.6 Å². The fourth-order valence-corrected chi connectivity index (χ4v) is 4.84. The highest BCUT2D eigenvalue weighted by atomic mass is 32.2. The lowest BCUT2D eigenvalue weighted by Crippen LogP contribution is -2.52. The Morgan fingerprint density at radius 3 is 2.03 bits per heavy atom. The summed E-state index contributed by atoms with van der Waals surface area (Å²) in [6.07, 6.45) is 1.50. The first-order valence-electron chi connectivity index (χ1n) is 11.2. The summed E-state index contributed by atoms with van der Waals surface area (Å²) < 4.78 is 26.6. The van der Waals surface area contributed by atoms with E-state index in [0.29, 0.717) is 18.7 Å². The van der Waals surface area contributed by atoms with Crippen molar-refractivity contribution in [2.24, 2.45) is 0 Å². The number of rotatable bonds is 10. The van der Waals surface area contributed by atoms with Crippen molar-refractivity contribution in [1.82, 2.24) is 10.2 Å². The number of nitrogens with one attached hydrogen (secondary N) is 1. The number of aryl methyl sites for hydroxylation is 3. The second kappa shape index (κ2) is 11.3. The molecule has 0 bridgehead atoms. The molecule has 180 valence electrons. The molecule has 0 aliphatic rings. The topological polar surface area (TPSA) is 86.8 Å². The van der Waals surface area contributed by atoms with Gasteiger partial charge < -0.3 is 10.2 Å². The molecule has 0 radical (unpaired) electrons. The number of nitrogens with zero attached hydrogens (tertiary/aromatic N) is 2. The molecule has 8 heteroatoms. The molecule has 0 fully saturated rings. The standard InChI is InChI=1S/C25H35N3O4S/c1-7-22(25(30)26-8-2)27(16-21-14-12-18(3)13-15-21)23(29)17-28(33(6,31)32)24-19(4)10-9-11-20(24)5/h9-15,22H,7-8,16-17H2,1-6H3,(H,26,30). The van der Waals surface area contributed by atoms with Crippen molar-refractivity contribution in [3.63, 3.8) is 0 Å². The van der Waals surface area contributed by atoms with Crippen molar-refractivity contribution in [2.75, 3.05) is 23.7 Å². The Labute approximate surface area is 197 Å². The molecular weight excluding hydrogens is 438 g/mol. The van der Waals surface area contributed by atoms with E-state index in [1.165, 1.54) is 4.90 Å². The van der Waals surface area contributed by atoms with E-state index in [-0.39, 0.29) is 19.0 Å². The van der Waals surface area contributed by atoms with E-state index in [2.05, 4.69) is 5.32 Å². The number of carbonyl (C=O) groups is 2. The lowest BCUT2D eigenvalue weighted by Gasteiger charge is -2.33. The second-order valence-corrected chi connectivity index (χ2v) is 10.2. The van der Waals surface area contributed by atoms with Crippen LogP contribution in [0.15, 0.2) is 42.5 Å². The molecule has 2 aromatic rings. The molecule has 0 saturated heterocycles. The van der Waals surface area contributed by atoms with Gasteiger partial charge >= 0.3 is 0 Å². The Bertz CT molecular complexity index is 1060. The molecule has 33 heavy (non-hydrogen) atoms. The highest BCUT2D eigenvalue weighted by Crippen LogP contribution is 2.27. The van der Waals surface area contributed by atoms with E-state index in [1.54, 1.807) is 0 Å². The van der Waals surface area contributed by atoms with Gasteiger partial charge in [0.2, 0.25) is 21.8 Å². The summed E-state index contributed by atoms with van der Waals surface area (Å²) >= 11 is 0. The Morgan fingerprint density at radius 2 is 1.55 bits per heavy atom. The van der Waals surface area contributed by atoms with Crippen LogP contribution in [0.25, 0.3) is 0 Å². The molecule has 7 nitrogen and oxygen atoms in total. The minimum atomic E-state index is -3.75. The van der Waals surface area contributed by atoms with Crippen molar-refractivity contribution < 1.29 is 18.0 Å². The van der Waals surface area contributed by atoms with Gasteiger partial charge in [-0.1, -0.05) is 55.0 Å². The van der Waals surface area contributed by atoms with Gasteiger partial charge in [-0.3, -0.25) is 13.9 Å². The largest absolute Gasteiger partial charge is 0.355 e. The van der Waals surface area contributed by atoms with Crippen molar-refractivity contribution >= 4 is 27.5 Å². The number of amides is 2. The zero-order chi connectivity index (χ0) is 24.8. The van der Waals surface area contributed by atoms with Gasteiger partial charge in [0.15, 0.2) is 0 Å². The summed E-state index contributed by atoms with van der Waals surface area (Å²) in [6.45, 7) is 9.55. The number of hydrogen-bond acceptors (Lipinski definition) is 4. The van der Waals surface area contributed by atoms with E-state index in [9.17, 15) is 18.0 Å². The lowest BCUT2D eigenvalue weighted by atomic mass is 10.1. The maximum absolute atomic E-state index is 13.6. The highest BCUT2D eigenvalue weighted by molar-refractivity contribution is 7.92. The van der Waals surface area contributed by atoms with E-state index in [1.807, 2.05) is 77.1 Å². The van der Waals surface area contributed by atoms with Crippen LogP contribution >= 0.6 is 0 Å². The van der Waals surface area contributed by atoms with Crippen LogP contribution in [0.1, 0.15) is 42.5 Å². The van der Waals surface area contributed by atoms with Crippen molar-refractivity contribution in [3.05, 3.63) is 64.7 Å². The number of sulfonamides is 1. The van der Waals surface area contributed by atoms with E-state index < -0.39 is 22.0 Å². The van der Waals surface area contributed by atoms with E-state index in [0.717, 1.165) is 32.8 Å². The maximum Gasteiger partial charge on any atom is 0.244 e. The van der Waals surface area contributed by atoms with Crippen LogP contribution in [-0.2, 0) is 26.2 Å². The third kappa shape index (κ3) is 6.81. The Hall–Kier alpha value is -2.87. The number of benzene rings is 2. The van der Waals surface area contributed by atoms with E-state index >= 15 is 0 Å². The number of hydrogen-bond donors (Lipinski definition) is 1. The number of para-hydroxylation sites is 1. The van der Waals surface area contributed by atoms with Gasteiger partial charge in [-0.15, -0.1) is 0 Å². The molecular formula is C25H35N3O4S. The van der Waals surface area contributed by atoms with Gasteiger partial charge in [-0.25, -0.2) is 8.42 Å². The Morgan fingerprint density at radius 1 is 0.970 bits per heavy atom. The second-order valence-electron chi connectivity index (χ2n) is 8.34. The molecule has 1 N–H and O–H groups in total. The molecule has 0 heterocycles. The molecule has 0 aliphatic heterocycles. The summed E-state index contributed by atoms with van der Waals surface area (Å²) in [5, 5.41) is 2.80. The van der Waals surface area contributed by atoms with Gasteiger partial charge in [-0.2, -0.15) is 0 Å². The van der Waals surface area contributed by atoms with Crippen LogP contribution in [0.3, 0.4) is 0 Å². The highest BCUT2D eigenvalue weighted by Gasteiger charge is 2.32. The number of anilines is 1. The summed E-state index contributed by atoms with van der Waals surface area (Å²) in [4.78, 5) is 27.9. The maximum atomic E-state index is 13.6.